The first kappa shape index (κ1) is 26.4. The van der Waals surface area contributed by atoms with Gasteiger partial charge in [-0.25, -0.2) is 23.4 Å². The van der Waals surface area contributed by atoms with Gasteiger partial charge in [-0.05, 0) is 33.6 Å². The van der Waals surface area contributed by atoms with Crippen LogP contribution in [0.15, 0.2) is 12.5 Å². The molecular formula is C17H27BF3N5O5S. The van der Waals surface area contributed by atoms with E-state index >= 15 is 0 Å². The molecule has 0 saturated heterocycles. The maximum absolute atomic E-state index is 12.6. The number of aromatic nitrogens is 4. The van der Waals surface area contributed by atoms with Crippen molar-refractivity contribution in [2.45, 2.75) is 57.0 Å². The van der Waals surface area contributed by atoms with Gasteiger partial charge in [-0.2, -0.15) is 18.3 Å². The van der Waals surface area contributed by atoms with Crippen LogP contribution in [0.1, 0.15) is 40.0 Å². The highest BCUT2D eigenvalue weighted by molar-refractivity contribution is 7.84. The molecule has 2 aromatic heterocycles. The van der Waals surface area contributed by atoms with Crippen LogP contribution >= 0.6 is 0 Å². The summed E-state index contributed by atoms with van der Waals surface area (Å²) in [6, 6.07) is -0.627. The highest BCUT2D eigenvalue weighted by Gasteiger charge is 2.30. The first-order valence-electron chi connectivity index (χ1n) is 9.88. The molecule has 0 amide bonds. The number of ether oxygens (including phenoxy) is 2. The number of halogens is 3. The highest BCUT2D eigenvalue weighted by atomic mass is 32.2. The number of hydrogen-bond donors (Lipinski definition) is 3. The topological polar surface area (TPSA) is 131 Å². The lowest BCUT2D eigenvalue weighted by Gasteiger charge is -2.24. The second kappa shape index (κ2) is 11.4. The van der Waals surface area contributed by atoms with Crippen molar-refractivity contribution in [3.05, 3.63) is 12.5 Å². The van der Waals surface area contributed by atoms with Gasteiger partial charge < -0.3 is 19.5 Å². The smallest absolute Gasteiger partial charge is 0.473 e. The van der Waals surface area contributed by atoms with E-state index in [4.69, 9.17) is 9.47 Å². The van der Waals surface area contributed by atoms with Gasteiger partial charge in [0.1, 0.15) is 12.9 Å². The van der Waals surface area contributed by atoms with Crippen molar-refractivity contribution in [2.75, 3.05) is 19.8 Å². The van der Waals surface area contributed by atoms with E-state index in [0.29, 0.717) is 0 Å². The molecule has 0 radical (unpaired) electrons. The minimum atomic E-state index is -4.30. The lowest BCUT2D eigenvalue weighted by Crippen LogP contribution is -2.41. The molecule has 0 aliphatic carbocycles. The molecule has 0 spiro atoms. The van der Waals surface area contributed by atoms with Gasteiger partial charge >= 0.3 is 13.3 Å². The van der Waals surface area contributed by atoms with Crippen LogP contribution in [0.2, 0.25) is 0 Å². The first-order chi connectivity index (χ1) is 14.9. The van der Waals surface area contributed by atoms with Crippen LogP contribution in [0.4, 0.5) is 13.2 Å². The van der Waals surface area contributed by atoms with Crippen molar-refractivity contribution in [1.82, 2.24) is 24.3 Å². The van der Waals surface area contributed by atoms with E-state index in [1.807, 2.05) is 0 Å². The van der Waals surface area contributed by atoms with Crippen LogP contribution in [0, 0.1) is 0 Å². The molecule has 10 nitrogen and oxygen atoms in total. The van der Waals surface area contributed by atoms with Crippen LogP contribution in [0.3, 0.4) is 0 Å². The van der Waals surface area contributed by atoms with Crippen molar-refractivity contribution in [3.8, 4) is 5.88 Å². The van der Waals surface area contributed by atoms with Crippen molar-refractivity contribution in [1.29, 1.82) is 0 Å². The van der Waals surface area contributed by atoms with Crippen molar-refractivity contribution >= 4 is 29.3 Å². The summed E-state index contributed by atoms with van der Waals surface area (Å²) < 4.78 is 64.4. The van der Waals surface area contributed by atoms with E-state index in [-0.39, 0.29) is 49.8 Å². The van der Waals surface area contributed by atoms with Crippen molar-refractivity contribution in [2.24, 2.45) is 0 Å². The van der Waals surface area contributed by atoms with Crippen LogP contribution in [-0.2, 0) is 15.7 Å². The molecule has 15 heteroatoms. The van der Waals surface area contributed by atoms with E-state index in [2.05, 4.69) is 19.8 Å². The molecule has 1 unspecified atom stereocenters. The lowest BCUT2D eigenvalue weighted by atomic mass is 9.87. The van der Waals surface area contributed by atoms with E-state index in [1.54, 1.807) is 20.8 Å². The SMILES string of the molecule is CC(C)(C)S(=O)N[C@H](CCOCCOc1nc(B(O)O)cn2ncnc12)CCC(F)(F)F. The Hall–Kier alpha value is -1.81. The standard InChI is InChI=1S/C17H27BF3N5O5S/c1-16(2,3)32(29)25-12(4-6-17(19,20)21)5-7-30-8-9-31-15-14-22-11-23-26(14)10-13(24-15)18(27)28/h10-12,25,27-28H,4-9H2,1-3H3/t12-,32?/m0/s1. The Bertz CT molecular complexity index is 894. The summed E-state index contributed by atoms with van der Waals surface area (Å²) in [5.74, 6) is 0.0296. The van der Waals surface area contributed by atoms with Gasteiger partial charge in [-0.3, -0.25) is 0 Å². The molecule has 2 atom stereocenters. The fraction of sp³-hybridized carbons (Fsp3) is 0.706. The predicted molar refractivity (Wildman–Crippen MR) is 112 cm³/mol. The minimum Gasteiger partial charge on any atom is -0.473 e. The van der Waals surface area contributed by atoms with Gasteiger partial charge in [0.25, 0.3) is 5.88 Å². The molecule has 0 aromatic carbocycles. The summed E-state index contributed by atoms with van der Waals surface area (Å²) >= 11 is 0. The molecule has 2 rings (SSSR count). The Morgan fingerprint density at radius 3 is 2.56 bits per heavy atom. The Balaban J connectivity index is 1.83. The lowest BCUT2D eigenvalue weighted by molar-refractivity contribution is -0.136. The van der Waals surface area contributed by atoms with Crippen LogP contribution in [0.25, 0.3) is 5.65 Å². The summed E-state index contributed by atoms with van der Waals surface area (Å²) in [4.78, 5) is 7.95. The first-order valence-corrected chi connectivity index (χ1v) is 11.0. The highest BCUT2D eigenvalue weighted by Crippen LogP contribution is 2.23. The molecule has 0 aliphatic heterocycles. The number of alkyl halides is 3. The Kier molecular flexibility index (Phi) is 9.39. The normalized spacial score (nSPS) is 14.5. The molecular weight excluding hydrogens is 454 g/mol. The fourth-order valence-corrected chi connectivity index (χ4v) is 3.39. The number of rotatable bonds is 12. The quantitative estimate of drug-likeness (QED) is 0.293. The average molecular weight is 481 g/mol. The van der Waals surface area contributed by atoms with Gasteiger partial charge in [0.15, 0.2) is 0 Å². The summed E-state index contributed by atoms with van der Waals surface area (Å²) in [5, 5.41) is 22.5. The number of nitrogens with one attached hydrogen (secondary N) is 1. The molecule has 2 aromatic rings. The maximum Gasteiger partial charge on any atom is 0.509 e. The van der Waals surface area contributed by atoms with Gasteiger partial charge in [0.05, 0.1) is 27.9 Å². The van der Waals surface area contributed by atoms with Gasteiger partial charge in [0.2, 0.25) is 5.65 Å². The molecule has 0 saturated carbocycles. The van der Waals surface area contributed by atoms with Crippen molar-refractivity contribution < 1.29 is 36.9 Å². The maximum atomic E-state index is 12.6. The Morgan fingerprint density at radius 1 is 1.22 bits per heavy atom. The van der Waals surface area contributed by atoms with E-state index in [9.17, 15) is 27.4 Å². The zero-order chi connectivity index (χ0) is 23.9. The molecule has 32 heavy (non-hydrogen) atoms. The molecule has 180 valence electrons. The molecule has 3 N–H and O–H groups in total. The monoisotopic (exact) mass is 481 g/mol. The molecule has 0 fully saturated rings. The number of fused-ring (bicyclic) bond motifs is 1. The van der Waals surface area contributed by atoms with Crippen molar-refractivity contribution in [3.63, 3.8) is 0 Å². The van der Waals surface area contributed by atoms with Gasteiger partial charge in [-0.1, -0.05) is 0 Å². The fourth-order valence-electron chi connectivity index (χ4n) is 2.49. The third-order valence-corrected chi connectivity index (χ3v) is 5.86. The second-order valence-corrected chi connectivity index (χ2v) is 9.97. The van der Waals surface area contributed by atoms with E-state index in [0.717, 1.165) is 0 Å². The van der Waals surface area contributed by atoms with Gasteiger partial charge in [-0.15, -0.1) is 0 Å². The van der Waals surface area contributed by atoms with E-state index < -0.39 is 41.5 Å². The number of nitrogens with zero attached hydrogens (tertiary/aromatic N) is 4. The third-order valence-electron chi connectivity index (χ3n) is 4.20. The van der Waals surface area contributed by atoms with E-state index in [1.165, 1.54) is 17.0 Å². The predicted octanol–water partition coefficient (Wildman–Crippen LogP) is 0.353. The Labute approximate surface area is 186 Å². The zero-order valence-electron chi connectivity index (χ0n) is 18.0. The molecule has 2 heterocycles. The summed E-state index contributed by atoms with van der Waals surface area (Å²) in [6.07, 6.45) is -2.71. The summed E-state index contributed by atoms with van der Waals surface area (Å²) in [7, 11) is -3.32. The molecule has 0 aliphatic rings. The summed E-state index contributed by atoms with van der Waals surface area (Å²) in [5.41, 5.74) is 0.194. The van der Waals surface area contributed by atoms with Crippen LogP contribution in [-0.4, -0.2) is 77.7 Å². The zero-order valence-corrected chi connectivity index (χ0v) is 18.8. The minimum absolute atomic E-state index is 0.0296. The average Bonchev–Trinajstić information content (AvgIpc) is 3.15. The number of hydrogen-bond acceptors (Lipinski definition) is 8. The van der Waals surface area contributed by atoms with Crippen LogP contribution in [0.5, 0.6) is 5.88 Å². The molecule has 0 bridgehead atoms. The van der Waals surface area contributed by atoms with Crippen LogP contribution < -0.4 is 15.1 Å². The Morgan fingerprint density at radius 2 is 1.94 bits per heavy atom. The summed E-state index contributed by atoms with van der Waals surface area (Å²) in [6.45, 7) is 5.46. The van der Waals surface area contributed by atoms with Gasteiger partial charge in [0, 0.05) is 25.3 Å². The second-order valence-electron chi connectivity index (χ2n) is 7.97. The third kappa shape index (κ3) is 8.62. The largest absolute Gasteiger partial charge is 0.509 e.